The molecule has 0 aliphatic carbocycles. The summed E-state index contributed by atoms with van der Waals surface area (Å²) < 4.78 is 13.2. The van der Waals surface area contributed by atoms with E-state index in [0.717, 1.165) is 12.0 Å². The lowest BCUT2D eigenvalue weighted by atomic mass is 9.82. The molecule has 23 heavy (non-hydrogen) atoms. The van der Waals surface area contributed by atoms with Crippen molar-refractivity contribution in [3.63, 3.8) is 0 Å². The molecule has 1 aromatic heterocycles. The van der Waals surface area contributed by atoms with Gasteiger partial charge in [-0.3, -0.25) is 0 Å². The van der Waals surface area contributed by atoms with E-state index >= 15 is 0 Å². The minimum Gasteiger partial charge on any atom is -0.313 e. The lowest BCUT2D eigenvalue weighted by Crippen LogP contribution is -2.47. The molecule has 1 aromatic rings. The lowest BCUT2D eigenvalue weighted by Gasteiger charge is -2.36. The van der Waals surface area contributed by atoms with Gasteiger partial charge in [0.05, 0.1) is 5.10 Å². The van der Waals surface area contributed by atoms with Crippen molar-refractivity contribution in [1.82, 2.24) is 10.0 Å². The molecule has 0 radical (unpaired) electrons. The summed E-state index contributed by atoms with van der Waals surface area (Å²) in [5, 5.41) is 15.7. The first kappa shape index (κ1) is 17.5. The summed E-state index contributed by atoms with van der Waals surface area (Å²) in [6.45, 7) is 15.0. The van der Waals surface area contributed by atoms with Crippen molar-refractivity contribution in [3.05, 3.63) is 41.4 Å². The molecule has 1 N–H and O–H groups in total. The number of halogens is 1. The lowest BCUT2D eigenvalue weighted by molar-refractivity contribution is -0.196. The summed E-state index contributed by atoms with van der Waals surface area (Å²) in [5.74, 6) is -0.372. The molecule has 1 unspecified atom stereocenters. The first-order valence-electron chi connectivity index (χ1n) is 7.68. The Morgan fingerprint density at radius 1 is 1.52 bits per heavy atom. The van der Waals surface area contributed by atoms with Crippen LogP contribution in [0.5, 0.6) is 0 Å². The molecular formula is C17H23FN4O. The third-order valence-electron chi connectivity index (χ3n) is 4.74. The largest absolute Gasteiger partial charge is 0.313 e. The third kappa shape index (κ3) is 3.74. The summed E-state index contributed by atoms with van der Waals surface area (Å²) >= 11 is 0. The molecule has 1 fully saturated rings. The van der Waals surface area contributed by atoms with Gasteiger partial charge in [0, 0.05) is 23.7 Å². The van der Waals surface area contributed by atoms with Crippen LogP contribution >= 0.6 is 0 Å². The molecular weight excluding hydrogens is 295 g/mol. The number of hydrogen-bond acceptors (Lipinski definition) is 4. The molecule has 1 saturated heterocycles. The second-order valence-corrected chi connectivity index (χ2v) is 7.31. The van der Waals surface area contributed by atoms with Crippen LogP contribution in [0, 0.1) is 18.4 Å². The van der Waals surface area contributed by atoms with Crippen LogP contribution in [0.25, 0.3) is 4.95 Å². The number of pyridine rings is 1. The normalized spacial score (nSPS) is 23.7. The van der Waals surface area contributed by atoms with Gasteiger partial charge in [0.25, 0.3) is 0 Å². The molecule has 0 aromatic carbocycles. The molecule has 124 valence electrons. The smallest absolute Gasteiger partial charge is 0.213 e. The van der Waals surface area contributed by atoms with Crippen LogP contribution in [0.15, 0.2) is 23.4 Å². The van der Waals surface area contributed by atoms with Crippen LogP contribution in [-0.2, 0) is 6.42 Å². The first-order chi connectivity index (χ1) is 10.7. The van der Waals surface area contributed by atoms with Crippen molar-refractivity contribution >= 4 is 5.71 Å². The predicted octanol–water partition coefficient (Wildman–Crippen LogP) is 3.70. The maximum atomic E-state index is 13.2. The van der Waals surface area contributed by atoms with Crippen molar-refractivity contribution < 1.29 is 9.60 Å². The van der Waals surface area contributed by atoms with Gasteiger partial charge in [-0.15, -0.1) is 4.95 Å². The maximum absolute atomic E-state index is 13.2. The highest BCUT2D eigenvalue weighted by atomic mass is 19.1. The number of nitrogens with zero attached hydrogens (tertiary/aromatic N) is 4. The highest BCUT2D eigenvalue weighted by molar-refractivity contribution is 5.87. The third-order valence-corrected chi connectivity index (χ3v) is 4.74. The van der Waals surface area contributed by atoms with E-state index in [1.807, 2.05) is 27.7 Å². The molecule has 1 aliphatic rings. The van der Waals surface area contributed by atoms with Gasteiger partial charge in [-0.1, -0.05) is 0 Å². The average molecular weight is 318 g/mol. The van der Waals surface area contributed by atoms with Gasteiger partial charge in [0.1, 0.15) is 5.71 Å². The van der Waals surface area contributed by atoms with Gasteiger partial charge in [0.15, 0.2) is 0 Å². The summed E-state index contributed by atoms with van der Waals surface area (Å²) in [7, 11) is 0. The summed E-state index contributed by atoms with van der Waals surface area (Å²) in [5.41, 5.74) is 0.723. The molecule has 6 heteroatoms. The standard InChI is InChI=1S/C17H23FN4O/c1-16(2)11-13(17(3,4)22(16)23)10-14(21-19-5)8-12-6-7-20-15(18)9-12/h6-7,9,13,23H,8,10-11H2,1-4H3/b21-14+. The van der Waals surface area contributed by atoms with E-state index in [2.05, 4.69) is 15.0 Å². The Morgan fingerprint density at radius 3 is 2.74 bits per heavy atom. The molecule has 0 amide bonds. The SMILES string of the molecule is [C-]#[N+]/N=C(\Cc1ccnc(F)c1)CC1CC(C)(C)N(O)C1(C)C. The van der Waals surface area contributed by atoms with Crippen molar-refractivity contribution in [3.8, 4) is 0 Å². The van der Waals surface area contributed by atoms with Crippen molar-refractivity contribution in [1.29, 1.82) is 0 Å². The highest BCUT2D eigenvalue weighted by Gasteiger charge is 2.51. The van der Waals surface area contributed by atoms with E-state index < -0.39 is 11.5 Å². The number of rotatable bonds is 4. The van der Waals surface area contributed by atoms with Gasteiger partial charge in [-0.25, -0.2) is 4.98 Å². The van der Waals surface area contributed by atoms with Gasteiger partial charge < -0.3 is 5.21 Å². The average Bonchev–Trinajstić information content (AvgIpc) is 2.59. The Morgan fingerprint density at radius 2 is 2.22 bits per heavy atom. The zero-order chi connectivity index (χ0) is 17.3. The van der Waals surface area contributed by atoms with Crippen LogP contribution < -0.4 is 0 Å². The second kappa shape index (κ2) is 6.34. The van der Waals surface area contributed by atoms with Gasteiger partial charge in [-0.05, 0) is 64.2 Å². The van der Waals surface area contributed by atoms with Gasteiger partial charge >= 0.3 is 0 Å². The summed E-state index contributed by atoms with van der Waals surface area (Å²) in [6, 6.07) is 3.09. The monoisotopic (exact) mass is 318 g/mol. The van der Waals surface area contributed by atoms with Crippen LogP contribution in [0.3, 0.4) is 0 Å². The number of hydrogen-bond donors (Lipinski definition) is 1. The molecule has 5 nitrogen and oxygen atoms in total. The fourth-order valence-electron chi connectivity index (χ4n) is 3.51. The minimum atomic E-state index is -0.534. The topological polar surface area (TPSA) is 53.1 Å². The second-order valence-electron chi connectivity index (χ2n) is 7.31. The Balaban J connectivity index is 2.18. The number of hydroxylamine groups is 2. The predicted molar refractivity (Wildman–Crippen MR) is 86.4 cm³/mol. The quantitative estimate of drug-likeness (QED) is 0.399. The van der Waals surface area contributed by atoms with E-state index in [1.165, 1.54) is 17.3 Å². The molecule has 1 aliphatic heterocycles. The minimum absolute atomic E-state index is 0.162. The Labute approximate surface area is 136 Å². The van der Waals surface area contributed by atoms with Crippen LogP contribution in [0.2, 0.25) is 0 Å². The molecule has 2 rings (SSSR count). The summed E-state index contributed by atoms with van der Waals surface area (Å²) in [4.78, 5) is 6.69. The van der Waals surface area contributed by atoms with Crippen LogP contribution in [-0.4, -0.2) is 32.0 Å². The van der Waals surface area contributed by atoms with Gasteiger partial charge in [-0.2, -0.15) is 16.0 Å². The van der Waals surface area contributed by atoms with E-state index in [4.69, 9.17) is 6.57 Å². The van der Waals surface area contributed by atoms with E-state index in [0.29, 0.717) is 18.6 Å². The Hall–Kier alpha value is -1.84. The van der Waals surface area contributed by atoms with Crippen molar-refractivity contribution in [2.24, 2.45) is 11.0 Å². The Bertz CT molecular complexity index is 648. The molecule has 0 saturated carbocycles. The van der Waals surface area contributed by atoms with Gasteiger partial charge in [0.2, 0.25) is 5.95 Å². The Kier molecular flexibility index (Phi) is 4.83. The van der Waals surface area contributed by atoms with E-state index in [9.17, 15) is 9.60 Å². The first-order valence-corrected chi connectivity index (χ1v) is 7.68. The fourth-order valence-corrected chi connectivity index (χ4v) is 3.51. The van der Waals surface area contributed by atoms with Crippen LogP contribution in [0.1, 0.15) is 46.1 Å². The summed E-state index contributed by atoms with van der Waals surface area (Å²) in [6.07, 6.45) is 3.23. The van der Waals surface area contributed by atoms with Crippen LogP contribution in [0.4, 0.5) is 4.39 Å². The fraction of sp³-hybridized carbons (Fsp3) is 0.588. The molecule has 0 bridgehead atoms. The number of aromatic nitrogens is 1. The molecule has 1 atom stereocenters. The van der Waals surface area contributed by atoms with E-state index in [-0.39, 0.29) is 11.5 Å². The van der Waals surface area contributed by atoms with Crippen molar-refractivity contribution in [2.75, 3.05) is 0 Å². The molecule has 2 heterocycles. The van der Waals surface area contributed by atoms with Crippen molar-refractivity contribution in [2.45, 2.75) is 58.0 Å². The highest BCUT2D eigenvalue weighted by Crippen LogP contribution is 2.45. The zero-order valence-electron chi connectivity index (χ0n) is 14.0. The molecule has 0 spiro atoms. The van der Waals surface area contributed by atoms with E-state index in [1.54, 1.807) is 6.07 Å². The zero-order valence-corrected chi connectivity index (χ0v) is 14.0. The maximum Gasteiger partial charge on any atom is 0.213 e.